The minimum atomic E-state index is -0.510. The number of esters is 1. The maximum Gasteiger partial charge on any atom is 0.357 e. The van der Waals surface area contributed by atoms with Gasteiger partial charge in [0.1, 0.15) is 5.75 Å². The number of amides is 1. The van der Waals surface area contributed by atoms with Crippen molar-refractivity contribution in [3.8, 4) is 5.75 Å². The van der Waals surface area contributed by atoms with Crippen LogP contribution in [0.15, 0.2) is 34.1 Å². The number of ether oxygens (including phenoxy) is 2. The second-order valence-corrected chi connectivity index (χ2v) is 5.83. The third-order valence-corrected chi connectivity index (χ3v) is 3.65. The Kier molecular flexibility index (Phi) is 5.91. The second-order valence-electron chi connectivity index (χ2n) is 4.05. The van der Waals surface area contributed by atoms with Gasteiger partial charge in [0.25, 0.3) is 5.91 Å². The van der Waals surface area contributed by atoms with Gasteiger partial charge in [-0.3, -0.25) is 10.1 Å². The minimum absolute atomic E-state index is 0.148. The first-order valence-electron chi connectivity index (χ1n) is 6.39. The first-order chi connectivity index (χ1) is 10.6. The van der Waals surface area contributed by atoms with Gasteiger partial charge in [-0.15, -0.1) is 11.3 Å². The number of carbonyl (C=O) groups excluding carboxylic acids is 2. The van der Waals surface area contributed by atoms with Crippen LogP contribution in [0.2, 0.25) is 0 Å². The fourth-order valence-corrected chi connectivity index (χ4v) is 2.57. The van der Waals surface area contributed by atoms with E-state index in [2.05, 4.69) is 26.2 Å². The Morgan fingerprint density at radius 3 is 2.95 bits per heavy atom. The van der Waals surface area contributed by atoms with E-state index in [-0.39, 0.29) is 24.8 Å². The number of aromatic nitrogens is 1. The van der Waals surface area contributed by atoms with Gasteiger partial charge in [-0.05, 0) is 25.1 Å². The third-order valence-electron chi connectivity index (χ3n) is 2.40. The van der Waals surface area contributed by atoms with Gasteiger partial charge in [-0.2, -0.15) is 0 Å². The molecule has 2 aromatic rings. The zero-order valence-electron chi connectivity index (χ0n) is 11.7. The summed E-state index contributed by atoms with van der Waals surface area (Å²) in [6.45, 7) is 1.84. The molecule has 0 aliphatic rings. The molecule has 1 aromatic carbocycles. The number of nitrogens with zero attached hydrogens (tertiary/aromatic N) is 1. The van der Waals surface area contributed by atoms with Crippen molar-refractivity contribution in [3.63, 3.8) is 0 Å². The highest BCUT2D eigenvalue weighted by atomic mass is 79.9. The molecule has 0 bridgehead atoms. The molecule has 0 atom stereocenters. The number of hydrogen-bond donors (Lipinski definition) is 1. The molecule has 0 saturated carbocycles. The van der Waals surface area contributed by atoms with E-state index in [9.17, 15) is 9.59 Å². The van der Waals surface area contributed by atoms with Gasteiger partial charge in [0.05, 0.1) is 6.61 Å². The molecule has 0 aliphatic carbocycles. The van der Waals surface area contributed by atoms with Gasteiger partial charge in [-0.25, -0.2) is 9.78 Å². The largest absolute Gasteiger partial charge is 0.484 e. The van der Waals surface area contributed by atoms with Crippen molar-refractivity contribution >= 4 is 44.3 Å². The van der Waals surface area contributed by atoms with E-state index < -0.39 is 5.97 Å². The van der Waals surface area contributed by atoms with E-state index >= 15 is 0 Å². The molecule has 0 radical (unpaired) electrons. The van der Waals surface area contributed by atoms with Crippen molar-refractivity contribution in [3.05, 3.63) is 39.8 Å². The van der Waals surface area contributed by atoms with Crippen LogP contribution in [0.25, 0.3) is 0 Å². The summed E-state index contributed by atoms with van der Waals surface area (Å²) in [5.74, 6) is -0.287. The monoisotopic (exact) mass is 384 g/mol. The molecule has 0 unspecified atom stereocenters. The molecular formula is C14H13BrN2O4S. The Hall–Kier alpha value is -1.93. The molecule has 2 rings (SSSR count). The van der Waals surface area contributed by atoms with E-state index in [1.54, 1.807) is 19.1 Å². The van der Waals surface area contributed by atoms with Gasteiger partial charge >= 0.3 is 5.97 Å². The molecule has 0 aliphatic heterocycles. The lowest BCUT2D eigenvalue weighted by Crippen LogP contribution is -2.20. The quantitative estimate of drug-likeness (QED) is 0.774. The van der Waals surface area contributed by atoms with Crippen LogP contribution in [0.4, 0.5) is 5.13 Å². The molecule has 8 heteroatoms. The molecule has 22 heavy (non-hydrogen) atoms. The maximum absolute atomic E-state index is 11.8. The fraction of sp³-hybridized carbons (Fsp3) is 0.214. The molecule has 1 amide bonds. The predicted molar refractivity (Wildman–Crippen MR) is 86.3 cm³/mol. The van der Waals surface area contributed by atoms with E-state index in [0.29, 0.717) is 10.9 Å². The van der Waals surface area contributed by atoms with Gasteiger partial charge in [-0.1, -0.05) is 22.0 Å². The number of nitrogens with one attached hydrogen (secondary N) is 1. The third kappa shape index (κ3) is 4.81. The average molecular weight is 385 g/mol. The normalized spacial score (nSPS) is 10.1. The molecular weight excluding hydrogens is 372 g/mol. The van der Waals surface area contributed by atoms with Crippen LogP contribution in [0.1, 0.15) is 17.4 Å². The Balaban J connectivity index is 1.86. The van der Waals surface area contributed by atoms with Gasteiger partial charge in [0.2, 0.25) is 0 Å². The summed E-state index contributed by atoms with van der Waals surface area (Å²) in [6, 6.07) is 7.18. The SMILES string of the molecule is CCOC(=O)c1csc(NC(=O)COc2cccc(Br)c2)n1. The topological polar surface area (TPSA) is 77.5 Å². The molecule has 1 heterocycles. The lowest BCUT2D eigenvalue weighted by molar-refractivity contribution is -0.118. The number of halogens is 1. The van der Waals surface area contributed by atoms with Crippen LogP contribution in [0.3, 0.4) is 0 Å². The number of benzene rings is 1. The second kappa shape index (κ2) is 7.90. The standard InChI is InChI=1S/C14H13BrN2O4S/c1-2-20-13(19)11-8-22-14(16-11)17-12(18)7-21-10-5-3-4-9(15)6-10/h3-6,8H,2,7H2,1H3,(H,16,17,18). The van der Waals surface area contributed by atoms with Crippen molar-refractivity contribution in [1.29, 1.82) is 0 Å². The lowest BCUT2D eigenvalue weighted by atomic mass is 10.3. The van der Waals surface area contributed by atoms with Crippen LogP contribution < -0.4 is 10.1 Å². The Morgan fingerprint density at radius 2 is 2.23 bits per heavy atom. The summed E-state index contributed by atoms with van der Waals surface area (Å²) < 4.78 is 11.0. The molecule has 1 aromatic heterocycles. The zero-order chi connectivity index (χ0) is 15.9. The molecule has 0 spiro atoms. The average Bonchev–Trinajstić information content (AvgIpc) is 2.94. The number of thiazole rings is 1. The molecule has 1 N–H and O–H groups in total. The highest BCUT2D eigenvalue weighted by Crippen LogP contribution is 2.18. The first-order valence-corrected chi connectivity index (χ1v) is 8.06. The smallest absolute Gasteiger partial charge is 0.357 e. The summed E-state index contributed by atoms with van der Waals surface area (Å²) in [5, 5.41) is 4.42. The van der Waals surface area contributed by atoms with E-state index in [1.165, 1.54) is 5.38 Å². The molecule has 6 nitrogen and oxygen atoms in total. The van der Waals surface area contributed by atoms with Gasteiger partial charge in [0.15, 0.2) is 17.4 Å². The van der Waals surface area contributed by atoms with Crippen LogP contribution in [-0.4, -0.2) is 30.1 Å². The molecule has 0 saturated heterocycles. The van der Waals surface area contributed by atoms with Crippen molar-refractivity contribution in [2.45, 2.75) is 6.92 Å². The predicted octanol–water partition coefficient (Wildman–Crippen LogP) is 3.10. The van der Waals surface area contributed by atoms with Crippen LogP contribution in [0, 0.1) is 0 Å². The highest BCUT2D eigenvalue weighted by Gasteiger charge is 2.13. The Labute approximate surface area is 139 Å². The molecule has 0 fully saturated rings. The van der Waals surface area contributed by atoms with E-state index in [1.807, 2.05) is 12.1 Å². The molecule has 116 valence electrons. The van der Waals surface area contributed by atoms with Gasteiger partial charge < -0.3 is 9.47 Å². The Morgan fingerprint density at radius 1 is 1.41 bits per heavy atom. The highest BCUT2D eigenvalue weighted by molar-refractivity contribution is 9.10. The summed E-state index contributed by atoms with van der Waals surface area (Å²) in [6.07, 6.45) is 0. The van der Waals surface area contributed by atoms with Crippen LogP contribution >= 0.6 is 27.3 Å². The van der Waals surface area contributed by atoms with E-state index in [4.69, 9.17) is 9.47 Å². The first kappa shape index (κ1) is 16.4. The van der Waals surface area contributed by atoms with E-state index in [0.717, 1.165) is 15.8 Å². The Bertz CT molecular complexity index is 674. The number of hydrogen-bond acceptors (Lipinski definition) is 6. The minimum Gasteiger partial charge on any atom is -0.484 e. The number of anilines is 1. The van der Waals surface area contributed by atoms with Crippen molar-refractivity contribution in [2.24, 2.45) is 0 Å². The zero-order valence-corrected chi connectivity index (χ0v) is 14.1. The summed E-state index contributed by atoms with van der Waals surface area (Å²) in [4.78, 5) is 27.2. The lowest BCUT2D eigenvalue weighted by Gasteiger charge is -2.05. The fourth-order valence-electron chi connectivity index (χ4n) is 1.49. The number of rotatable bonds is 6. The van der Waals surface area contributed by atoms with Crippen LogP contribution in [0.5, 0.6) is 5.75 Å². The number of carbonyl (C=O) groups is 2. The summed E-state index contributed by atoms with van der Waals surface area (Å²) in [5.41, 5.74) is 0.176. The summed E-state index contributed by atoms with van der Waals surface area (Å²) >= 11 is 4.47. The van der Waals surface area contributed by atoms with Crippen molar-refractivity contribution in [1.82, 2.24) is 4.98 Å². The van der Waals surface area contributed by atoms with Gasteiger partial charge in [0, 0.05) is 9.85 Å². The summed E-state index contributed by atoms with van der Waals surface area (Å²) in [7, 11) is 0. The van der Waals surface area contributed by atoms with Crippen molar-refractivity contribution in [2.75, 3.05) is 18.5 Å². The van der Waals surface area contributed by atoms with Crippen molar-refractivity contribution < 1.29 is 19.1 Å². The maximum atomic E-state index is 11.8. The van der Waals surface area contributed by atoms with Crippen LogP contribution in [-0.2, 0) is 9.53 Å².